The van der Waals surface area contributed by atoms with Crippen molar-refractivity contribution in [2.45, 2.75) is 38.3 Å². The smallest absolute Gasteiger partial charge is 0.434 e. The van der Waals surface area contributed by atoms with Crippen LogP contribution in [-0.4, -0.2) is 23.4 Å². The van der Waals surface area contributed by atoms with Crippen LogP contribution < -0.4 is 10.5 Å². The van der Waals surface area contributed by atoms with Gasteiger partial charge in [0.1, 0.15) is 0 Å². The Labute approximate surface area is 110 Å². The summed E-state index contributed by atoms with van der Waals surface area (Å²) in [5.74, 6) is -0.746. The molecule has 0 aliphatic heterocycles. The normalized spacial score (nSPS) is 12.8. The lowest BCUT2D eigenvalue weighted by molar-refractivity contribution is -0.300. The van der Waals surface area contributed by atoms with Crippen LogP contribution >= 0.6 is 0 Å². The molecule has 0 unspecified atom stereocenters. The van der Waals surface area contributed by atoms with Gasteiger partial charge in [0, 0.05) is 18.3 Å². The fourth-order valence-corrected chi connectivity index (χ4v) is 1.42. The average Bonchev–Trinajstić information content (AvgIpc) is 2.32. The lowest BCUT2D eigenvalue weighted by atomic mass is 10.2. The fourth-order valence-electron chi connectivity index (χ4n) is 1.42. The maximum absolute atomic E-state index is 12.4. The van der Waals surface area contributed by atoms with Gasteiger partial charge in [-0.3, -0.25) is 0 Å². The number of hydrogen-bond donors (Lipinski definition) is 1. The summed E-state index contributed by atoms with van der Waals surface area (Å²) < 4.78 is 78.2. The second kappa shape index (κ2) is 5.86. The van der Waals surface area contributed by atoms with E-state index < -0.39 is 24.3 Å². The quantitative estimate of drug-likeness (QED) is 0.870. The van der Waals surface area contributed by atoms with Crippen molar-refractivity contribution in [2.75, 3.05) is 0 Å². The van der Waals surface area contributed by atoms with Crippen molar-refractivity contribution in [1.29, 1.82) is 0 Å². The second-order valence-electron chi connectivity index (χ2n) is 3.94. The number of aromatic nitrogens is 1. The lowest BCUT2D eigenvalue weighted by Gasteiger charge is -2.23. The van der Waals surface area contributed by atoms with Crippen molar-refractivity contribution >= 4 is 0 Å². The Hall–Kier alpha value is -1.51. The first-order valence-electron chi connectivity index (χ1n) is 5.58. The number of pyridine rings is 1. The molecule has 9 heteroatoms. The molecule has 0 bridgehead atoms. The molecule has 0 saturated heterocycles. The molecule has 1 rings (SSSR count). The van der Waals surface area contributed by atoms with Gasteiger partial charge < -0.3 is 10.5 Å². The van der Waals surface area contributed by atoms with Gasteiger partial charge in [-0.15, -0.1) is 0 Å². The summed E-state index contributed by atoms with van der Waals surface area (Å²) in [5.41, 5.74) is 5.96. The highest BCUT2D eigenvalue weighted by atomic mass is 19.4. The molecule has 114 valence electrons. The van der Waals surface area contributed by atoms with E-state index in [-0.39, 0.29) is 6.54 Å². The minimum absolute atomic E-state index is 0.0470. The Kier molecular flexibility index (Phi) is 4.85. The van der Waals surface area contributed by atoms with Crippen molar-refractivity contribution < 1.29 is 31.1 Å². The zero-order chi connectivity index (χ0) is 15.6. The van der Waals surface area contributed by atoms with Crippen LogP contribution in [0.3, 0.4) is 0 Å². The van der Waals surface area contributed by atoms with Gasteiger partial charge in [-0.05, 0) is 18.1 Å². The third kappa shape index (κ3) is 4.26. The van der Waals surface area contributed by atoms with Crippen LogP contribution in [0.25, 0.3) is 0 Å². The van der Waals surface area contributed by atoms with E-state index in [0.717, 1.165) is 6.07 Å². The number of nitrogens with zero attached hydrogens (tertiary/aromatic N) is 1. The average molecular weight is 302 g/mol. The number of halogens is 6. The Bertz CT molecular complexity index is 421. The van der Waals surface area contributed by atoms with Crippen molar-refractivity contribution in [1.82, 2.24) is 4.98 Å². The molecule has 0 radical (unpaired) electrons. The van der Waals surface area contributed by atoms with E-state index in [1.807, 2.05) is 0 Å². The summed E-state index contributed by atoms with van der Waals surface area (Å²) in [4.78, 5) is 3.59. The molecule has 20 heavy (non-hydrogen) atoms. The standard InChI is InChI=1S/C11H12F6N2O/c1-2-7-3-6(5-18)4-8(19-7)20-9(10(12,13)14)11(15,16)17/h3-4,9H,2,5,18H2,1H3. The highest BCUT2D eigenvalue weighted by molar-refractivity contribution is 5.25. The van der Waals surface area contributed by atoms with Crippen LogP contribution in [0.2, 0.25) is 0 Å². The van der Waals surface area contributed by atoms with Crippen molar-refractivity contribution in [3.8, 4) is 5.88 Å². The van der Waals surface area contributed by atoms with Crippen LogP contribution in [0.1, 0.15) is 18.2 Å². The monoisotopic (exact) mass is 302 g/mol. The highest BCUT2D eigenvalue weighted by Crippen LogP contribution is 2.36. The lowest BCUT2D eigenvalue weighted by Crippen LogP contribution is -2.46. The predicted molar refractivity (Wildman–Crippen MR) is 58.0 cm³/mol. The summed E-state index contributed by atoms with van der Waals surface area (Å²) in [6, 6.07) is 2.45. The fraction of sp³-hybridized carbons (Fsp3) is 0.545. The molecule has 0 saturated carbocycles. The van der Waals surface area contributed by atoms with Gasteiger partial charge in [-0.1, -0.05) is 6.92 Å². The van der Waals surface area contributed by atoms with E-state index >= 15 is 0 Å². The molecule has 0 aliphatic rings. The van der Waals surface area contributed by atoms with Gasteiger partial charge in [-0.25, -0.2) is 4.98 Å². The van der Waals surface area contributed by atoms with Gasteiger partial charge >= 0.3 is 12.4 Å². The number of nitrogens with two attached hydrogens (primary N) is 1. The van der Waals surface area contributed by atoms with Gasteiger partial charge in [0.2, 0.25) is 5.88 Å². The largest absolute Gasteiger partial charge is 0.455 e. The van der Waals surface area contributed by atoms with Gasteiger partial charge in [0.05, 0.1) is 0 Å². The summed E-state index contributed by atoms with van der Waals surface area (Å²) in [5, 5.41) is 0. The van der Waals surface area contributed by atoms with E-state index in [1.165, 1.54) is 6.07 Å². The van der Waals surface area contributed by atoms with E-state index in [0.29, 0.717) is 17.7 Å². The maximum Gasteiger partial charge on any atom is 0.434 e. The molecule has 0 atom stereocenters. The zero-order valence-corrected chi connectivity index (χ0v) is 10.3. The number of rotatable bonds is 4. The molecule has 0 fully saturated rings. The van der Waals surface area contributed by atoms with Crippen LogP contribution in [0.5, 0.6) is 5.88 Å². The number of aryl methyl sites for hydroxylation is 1. The van der Waals surface area contributed by atoms with Gasteiger partial charge in [-0.2, -0.15) is 26.3 Å². The molecule has 1 aromatic rings. The summed E-state index contributed by atoms with van der Waals surface area (Å²) in [6.45, 7) is 1.60. The van der Waals surface area contributed by atoms with Crippen LogP contribution in [0.15, 0.2) is 12.1 Å². The summed E-state index contributed by atoms with van der Waals surface area (Å²) in [6.07, 6.45) is -14.7. The first kappa shape index (κ1) is 16.5. The summed E-state index contributed by atoms with van der Waals surface area (Å²) in [7, 11) is 0. The Morgan fingerprint density at radius 1 is 1.15 bits per heavy atom. The molecule has 2 N–H and O–H groups in total. The van der Waals surface area contributed by atoms with Crippen molar-refractivity contribution in [3.05, 3.63) is 23.4 Å². The molecule has 0 aromatic carbocycles. The molecule has 0 amide bonds. The van der Waals surface area contributed by atoms with Crippen LogP contribution in [0.4, 0.5) is 26.3 Å². The molecule has 0 spiro atoms. The van der Waals surface area contributed by atoms with E-state index in [2.05, 4.69) is 9.72 Å². The van der Waals surface area contributed by atoms with E-state index in [1.54, 1.807) is 6.92 Å². The Morgan fingerprint density at radius 2 is 1.70 bits per heavy atom. The van der Waals surface area contributed by atoms with Crippen LogP contribution in [0, 0.1) is 0 Å². The second-order valence-corrected chi connectivity index (χ2v) is 3.94. The summed E-state index contributed by atoms with van der Waals surface area (Å²) >= 11 is 0. The number of alkyl halides is 6. The van der Waals surface area contributed by atoms with Gasteiger partial charge in [0.25, 0.3) is 6.10 Å². The predicted octanol–water partition coefficient (Wildman–Crippen LogP) is 2.97. The molecule has 0 aliphatic carbocycles. The van der Waals surface area contributed by atoms with E-state index in [4.69, 9.17) is 5.73 Å². The Balaban J connectivity index is 3.11. The van der Waals surface area contributed by atoms with Crippen LogP contribution in [-0.2, 0) is 13.0 Å². The number of ether oxygens (including phenoxy) is 1. The third-order valence-corrected chi connectivity index (χ3v) is 2.35. The SMILES string of the molecule is CCc1cc(CN)cc(OC(C(F)(F)F)C(F)(F)F)n1. The molecule has 3 nitrogen and oxygen atoms in total. The molecule has 1 aromatic heterocycles. The highest BCUT2D eigenvalue weighted by Gasteiger charge is 2.59. The minimum atomic E-state index is -5.58. The Morgan fingerprint density at radius 3 is 2.10 bits per heavy atom. The van der Waals surface area contributed by atoms with Crippen molar-refractivity contribution in [3.63, 3.8) is 0 Å². The van der Waals surface area contributed by atoms with Gasteiger partial charge in [0.15, 0.2) is 0 Å². The molecular formula is C11H12F6N2O. The zero-order valence-electron chi connectivity index (χ0n) is 10.3. The minimum Gasteiger partial charge on any atom is -0.455 e. The first-order chi connectivity index (χ1) is 9.07. The first-order valence-corrected chi connectivity index (χ1v) is 5.58. The molecule has 1 heterocycles. The van der Waals surface area contributed by atoms with E-state index in [9.17, 15) is 26.3 Å². The maximum atomic E-state index is 12.4. The number of hydrogen-bond acceptors (Lipinski definition) is 3. The third-order valence-electron chi connectivity index (χ3n) is 2.35. The molecular weight excluding hydrogens is 290 g/mol. The van der Waals surface area contributed by atoms with Crippen molar-refractivity contribution in [2.24, 2.45) is 5.73 Å². The topological polar surface area (TPSA) is 48.1 Å².